The minimum atomic E-state index is -1.29. The molecular formula is C14H19NO4. The van der Waals surface area contributed by atoms with Crippen LogP contribution in [-0.4, -0.2) is 22.7 Å². The molecule has 2 N–H and O–H groups in total. The maximum absolute atomic E-state index is 11.6. The molecule has 5 nitrogen and oxygen atoms in total. The van der Waals surface area contributed by atoms with Gasteiger partial charge in [-0.15, -0.1) is 0 Å². The summed E-state index contributed by atoms with van der Waals surface area (Å²) in [6.07, 6.45) is 0.284. The van der Waals surface area contributed by atoms with Crippen molar-refractivity contribution in [2.75, 3.05) is 0 Å². The number of carbonyl (C=O) groups is 2. The Kier molecular flexibility index (Phi) is 5.36. The van der Waals surface area contributed by atoms with Gasteiger partial charge >= 0.3 is 12.1 Å². The lowest BCUT2D eigenvalue weighted by molar-refractivity contribution is -0.144. The van der Waals surface area contributed by atoms with Crippen molar-refractivity contribution in [3.8, 4) is 0 Å². The highest BCUT2D eigenvalue weighted by Gasteiger charge is 2.34. The summed E-state index contributed by atoms with van der Waals surface area (Å²) in [6.45, 7) is 3.45. The van der Waals surface area contributed by atoms with E-state index in [-0.39, 0.29) is 6.61 Å². The molecule has 1 aromatic carbocycles. The number of carboxylic acid groups (broad SMARTS) is 1. The van der Waals surface area contributed by atoms with Crippen LogP contribution < -0.4 is 5.32 Å². The first kappa shape index (κ1) is 15.0. The van der Waals surface area contributed by atoms with Crippen molar-refractivity contribution in [1.29, 1.82) is 0 Å². The largest absolute Gasteiger partial charge is 0.480 e. The average molecular weight is 265 g/mol. The van der Waals surface area contributed by atoms with Gasteiger partial charge in [-0.05, 0) is 18.9 Å². The van der Waals surface area contributed by atoms with Crippen molar-refractivity contribution in [3.05, 3.63) is 35.9 Å². The van der Waals surface area contributed by atoms with Crippen LogP contribution >= 0.6 is 0 Å². The van der Waals surface area contributed by atoms with E-state index in [9.17, 15) is 9.59 Å². The van der Waals surface area contributed by atoms with Crippen LogP contribution in [0.2, 0.25) is 0 Å². The number of rotatable bonds is 6. The van der Waals surface area contributed by atoms with Gasteiger partial charge in [0, 0.05) is 0 Å². The summed E-state index contributed by atoms with van der Waals surface area (Å²) in [5, 5.41) is 11.5. The van der Waals surface area contributed by atoms with Crippen LogP contribution in [0.4, 0.5) is 4.79 Å². The molecule has 0 aliphatic rings. The van der Waals surface area contributed by atoms with E-state index in [1.807, 2.05) is 37.3 Å². The van der Waals surface area contributed by atoms with Gasteiger partial charge in [-0.25, -0.2) is 9.59 Å². The summed E-state index contributed by atoms with van der Waals surface area (Å²) in [6, 6.07) is 9.21. The number of hydrogen-bond donors (Lipinski definition) is 2. The monoisotopic (exact) mass is 265 g/mol. The van der Waals surface area contributed by atoms with Crippen LogP contribution in [0.5, 0.6) is 0 Å². The Morgan fingerprint density at radius 1 is 1.32 bits per heavy atom. The number of alkyl carbamates (subject to hydrolysis) is 1. The normalized spacial score (nSPS) is 13.4. The van der Waals surface area contributed by atoms with E-state index >= 15 is 0 Å². The smallest absolute Gasteiger partial charge is 0.408 e. The second-order valence-electron chi connectivity index (χ2n) is 4.57. The van der Waals surface area contributed by atoms with Gasteiger partial charge in [0.25, 0.3) is 0 Å². The molecule has 0 radical (unpaired) electrons. The Morgan fingerprint density at radius 3 is 2.47 bits per heavy atom. The number of benzene rings is 1. The van der Waals surface area contributed by atoms with Crippen LogP contribution in [-0.2, 0) is 16.1 Å². The van der Waals surface area contributed by atoms with Crippen LogP contribution in [0.15, 0.2) is 30.3 Å². The Morgan fingerprint density at radius 2 is 1.95 bits per heavy atom. The molecule has 5 heteroatoms. The van der Waals surface area contributed by atoms with Gasteiger partial charge in [0.2, 0.25) is 0 Å². The number of hydrogen-bond acceptors (Lipinski definition) is 3. The lowest BCUT2D eigenvalue weighted by Crippen LogP contribution is -2.52. The summed E-state index contributed by atoms with van der Waals surface area (Å²) >= 11 is 0. The van der Waals surface area contributed by atoms with E-state index < -0.39 is 17.6 Å². The SMILES string of the molecule is CCC[C@@](C)(NC(=O)OCc1ccccc1)C(=O)O. The van der Waals surface area contributed by atoms with Crippen molar-refractivity contribution in [3.63, 3.8) is 0 Å². The molecule has 0 aromatic heterocycles. The van der Waals surface area contributed by atoms with Crippen LogP contribution in [0, 0.1) is 0 Å². The van der Waals surface area contributed by atoms with Gasteiger partial charge in [0.05, 0.1) is 0 Å². The number of ether oxygens (including phenoxy) is 1. The van der Waals surface area contributed by atoms with Crippen LogP contribution in [0.25, 0.3) is 0 Å². The molecule has 104 valence electrons. The molecule has 0 heterocycles. The third-order valence-electron chi connectivity index (χ3n) is 2.81. The molecule has 0 aliphatic heterocycles. The first-order valence-electron chi connectivity index (χ1n) is 6.20. The molecule has 0 unspecified atom stereocenters. The Hall–Kier alpha value is -2.04. The lowest BCUT2D eigenvalue weighted by Gasteiger charge is -2.25. The lowest BCUT2D eigenvalue weighted by atomic mass is 9.97. The second kappa shape index (κ2) is 6.78. The molecule has 0 saturated carbocycles. The molecule has 0 spiro atoms. The van der Waals surface area contributed by atoms with Crippen LogP contribution in [0.3, 0.4) is 0 Å². The van der Waals surface area contributed by atoms with Gasteiger partial charge in [0.15, 0.2) is 0 Å². The Labute approximate surface area is 112 Å². The molecule has 19 heavy (non-hydrogen) atoms. The van der Waals surface area contributed by atoms with Gasteiger partial charge in [0.1, 0.15) is 12.1 Å². The minimum absolute atomic E-state index is 0.120. The summed E-state index contributed by atoms with van der Waals surface area (Å²) in [7, 11) is 0. The molecule has 1 amide bonds. The van der Waals surface area contributed by atoms with Crippen molar-refractivity contribution < 1.29 is 19.4 Å². The third-order valence-corrected chi connectivity index (χ3v) is 2.81. The molecule has 1 aromatic rings. The maximum atomic E-state index is 11.6. The zero-order chi connectivity index (χ0) is 14.3. The molecule has 0 bridgehead atoms. The summed E-state index contributed by atoms with van der Waals surface area (Å²) in [5.74, 6) is -1.06. The molecule has 1 atom stereocenters. The Balaban J connectivity index is 2.52. The third kappa shape index (κ3) is 4.62. The number of nitrogens with one attached hydrogen (secondary N) is 1. The van der Waals surface area contributed by atoms with E-state index in [1.165, 1.54) is 6.92 Å². The molecule has 0 saturated heterocycles. The van der Waals surface area contributed by atoms with Crippen molar-refractivity contribution in [2.24, 2.45) is 0 Å². The number of aliphatic carboxylic acids is 1. The summed E-state index contributed by atoms with van der Waals surface area (Å²) < 4.78 is 5.01. The predicted octanol–water partition coefficient (Wildman–Crippen LogP) is 2.56. The van der Waals surface area contributed by atoms with Gasteiger partial charge in [-0.1, -0.05) is 43.7 Å². The fourth-order valence-electron chi connectivity index (χ4n) is 1.71. The number of carboxylic acids is 1. The second-order valence-corrected chi connectivity index (χ2v) is 4.57. The maximum Gasteiger partial charge on any atom is 0.408 e. The van der Waals surface area contributed by atoms with Crippen LogP contribution in [0.1, 0.15) is 32.3 Å². The summed E-state index contributed by atoms with van der Waals surface area (Å²) in [4.78, 5) is 22.8. The highest BCUT2D eigenvalue weighted by atomic mass is 16.5. The van der Waals surface area contributed by atoms with E-state index in [4.69, 9.17) is 9.84 Å². The van der Waals surface area contributed by atoms with Crippen molar-refractivity contribution in [2.45, 2.75) is 38.8 Å². The Bertz CT molecular complexity index is 432. The average Bonchev–Trinajstić information content (AvgIpc) is 2.37. The molecule has 0 aliphatic carbocycles. The fourth-order valence-corrected chi connectivity index (χ4v) is 1.71. The zero-order valence-corrected chi connectivity index (χ0v) is 11.2. The first-order chi connectivity index (χ1) is 8.98. The standard InChI is InChI=1S/C14H19NO4/c1-3-9-14(2,12(16)17)15-13(18)19-10-11-7-5-4-6-8-11/h4-8H,3,9-10H2,1-2H3,(H,15,18)(H,16,17)/t14-/m1/s1. The minimum Gasteiger partial charge on any atom is -0.480 e. The van der Waals surface area contributed by atoms with Crippen molar-refractivity contribution in [1.82, 2.24) is 5.32 Å². The van der Waals surface area contributed by atoms with E-state index in [2.05, 4.69) is 5.32 Å². The summed E-state index contributed by atoms with van der Waals surface area (Å²) in [5.41, 5.74) is -0.437. The fraction of sp³-hybridized carbons (Fsp3) is 0.429. The number of carbonyl (C=O) groups excluding carboxylic acids is 1. The van der Waals surface area contributed by atoms with E-state index in [0.717, 1.165) is 5.56 Å². The molecule has 1 rings (SSSR count). The highest BCUT2D eigenvalue weighted by Crippen LogP contribution is 2.13. The van der Waals surface area contributed by atoms with Gasteiger partial charge in [-0.2, -0.15) is 0 Å². The van der Waals surface area contributed by atoms with Gasteiger partial charge < -0.3 is 15.2 Å². The topological polar surface area (TPSA) is 75.6 Å². The quantitative estimate of drug-likeness (QED) is 0.828. The number of amides is 1. The first-order valence-corrected chi connectivity index (χ1v) is 6.20. The van der Waals surface area contributed by atoms with Crippen molar-refractivity contribution >= 4 is 12.1 Å². The van der Waals surface area contributed by atoms with Gasteiger partial charge in [-0.3, -0.25) is 0 Å². The van der Waals surface area contributed by atoms with E-state index in [0.29, 0.717) is 12.8 Å². The highest BCUT2D eigenvalue weighted by molar-refractivity contribution is 5.83. The molecular weight excluding hydrogens is 246 g/mol. The predicted molar refractivity (Wildman–Crippen MR) is 70.7 cm³/mol. The zero-order valence-electron chi connectivity index (χ0n) is 11.2. The molecule has 0 fully saturated rings. The van der Waals surface area contributed by atoms with E-state index in [1.54, 1.807) is 0 Å².